The number of amides is 1. The lowest BCUT2D eigenvalue weighted by atomic mass is 9.92. The van der Waals surface area contributed by atoms with E-state index in [1.165, 1.54) is 17.2 Å². The summed E-state index contributed by atoms with van der Waals surface area (Å²) >= 11 is 0. The first-order valence-corrected chi connectivity index (χ1v) is 12.8. The summed E-state index contributed by atoms with van der Waals surface area (Å²) in [5, 5.41) is 28.1. The summed E-state index contributed by atoms with van der Waals surface area (Å²) < 4.78 is 5.74. The number of carbonyl (C=O) groups is 1. The SMILES string of the molecule is CCNC(=O)c1noc(-c2cc(C(C)C)c(O)cc2O)c1-c1ccc2c(c1)C(C)N(CC(C)C)C2C. The Balaban J connectivity index is 1.90. The van der Waals surface area contributed by atoms with E-state index in [4.69, 9.17) is 4.52 Å². The van der Waals surface area contributed by atoms with Gasteiger partial charge in [-0.15, -0.1) is 0 Å². The van der Waals surface area contributed by atoms with Crippen LogP contribution in [0.25, 0.3) is 22.5 Å². The van der Waals surface area contributed by atoms with Gasteiger partial charge < -0.3 is 20.1 Å². The average molecular weight is 492 g/mol. The van der Waals surface area contributed by atoms with Gasteiger partial charge in [0.05, 0.1) is 11.1 Å². The van der Waals surface area contributed by atoms with Crippen molar-refractivity contribution in [3.8, 4) is 33.9 Å². The minimum absolute atomic E-state index is 0.0156. The van der Waals surface area contributed by atoms with Gasteiger partial charge in [-0.1, -0.05) is 45.0 Å². The number of phenolic OH excluding ortho intramolecular Hbond substituents is 2. The monoisotopic (exact) mass is 491 g/mol. The Bertz CT molecular complexity index is 1280. The van der Waals surface area contributed by atoms with Crippen LogP contribution >= 0.6 is 0 Å². The molecule has 2 aromatic carbocycles. The van der Waals surface area contributed by atoms with Gasteiger partial charge in [0, 0.05) is 31.2 Å². The summed E-state index contributed by atoms with van der Waals surface area (Å²) in [6.07, 6.45) is 0. The molecule has 3 N–H and O–H groups in total. The Kier molecular flexibility index (Phi) is 7.14. The third-order valence-corrected chi connectivity index (χ3v) is 7.10. The van der Waals surface area contributed by atoms with Crippen LogP contribution in [0.4, 0.5) is 0 Å². The van der Waals surface area contributed by atoms with Crippen LogP contribution in [-0.4, -0.2) is 39.3 Å². The van der Waals surface area contributed by atoms with Crippen LogP contribution < -0.4 is 5.32 Å². The largest absolute Gasteiger partial charge is 0.508 e. The molecule has 7 nitrogen and oxygen atoms in total. The number of phenols is 2. The molecule has 0 saturated carbocycles. The highest BCUT2D eigenvalue weighted by molar-refractivity contribution is 6.02. The first-order valence-electron chi connectivity index (χ1n) is 12.8. The molecule has 3 aromatic rings. The molecule has 0 spiro atoms. The molecular weight excluding hydrogens is 454 g/mol. The maximum atomic E-state index is 13.0. The number of nitrogens with one attached hydrogen (secondary N) is 1. The van der Waals surface area contributed by atoms with Gasteiger partial charge in [-0.2, -0.15) is 0 Å². The number of nitrogens with zero attached hydrogens (tertiary/aromatic N) is 2. The molecule has 0 fully saturated rings. The second kappa shape index (κ2) is 9.97. The summed E-state index contributed by atoms with van der Waals surface area (Å²) in [6.45, 7) is 16.1. The molecule has 4 rings (SSSR count). The number of fused-ring (bicyclic) bond motifs is 1. The zero-order valence-corrected chi connectivity index (χ0v) is 22.2. The smallest absolute Gasteiger partial charge is 0.274 e. The van der Waals surface area contributed by atoms with Crippen LogP contribution in [0.3, 0.4) is 0 Å². The summed E-state index contributed by atoms with van der Waals surface area (Å²) in [6, 6.07) is 9.80. The summed E-state index contributed by atoms with van der Waals surface area (Å²) in [5.74, 6) is 0.407. The van der Waals surface area contributed by atoms with Crippen molar-refractivity contribution in [1.29, 1.82) is 0 Å². The van der Waals surface area contributed by atoms with Crippen molar-refractivity contribution < 1.29 is 19.5 Å². The minimum Gasteiger partial charge on any atom is -0.508 e. The van der Waals surface area contributed by atoms with Crippen LogP contribution in [0.5, 0.6) is 11.5 Å². The van der Waals surface area contributed by atoms with Crippen molar-refractivity contribution in [3.05, 3.63) is 52.7 Å². The number of rotatable bonds is 7. The number of benzene rings is 2. The molecule has 1 aliphatic rings. The number of aromatic nitrogens is 1. The molecule has 2 heterocycles. The Labute approximate surface area is 213 Å². The zero-order valence-electron chi connectivity index (χ0n) is 22.2. The third kappa shape index (κ3) is 4.48. The van der Waals surface area contributed by atoms with E-state index < -0.39 is 0 Å². The lowest BCUT2D eigenvalue weighted by Crippen LogP contribution is -2.27. The fourth-order valence-electron chi connectivity index (χ4n) is 5.28. The normalized spacial score (nSPS) is 17.7. The lowest BCUT2D eigenvalue weighted by molar-refractivity contribution is 0.0947. The molecule has 1 amide bonds. The van der Waals surface area contributed by atoms with E-state index in [1.807, 2.05) is 26.8 Å². The van der Waals surface area contributed by atoms with Gasteiger partial charge in [0.2, 0.25) is 0 Å². The van der Waals surface area contributed by atoms with E-state index >= 15 is 0 Å². The molecule has 2 unspecified atom stereocenters. The third-order valence-electron chi connectivity index (χ3n) is 7.10. The summed E-state index contributed by atoms with van der Waals surface area (Å²) in [4.78, 5) is 15.5. The highest BCUT2D eigenvalue weighted by Gasteiger charge is 2.35. The number of hydrogen-bond acceptors (Lipinski definition) is 6. The van der Waals surface area contributed by atoms with Gasteiger partial charge in [-0.3, -0.25) is 9.69 Å². The summed E-state index contributed by atoms with van der Waals surface area (Å²) in [7, 11) is 0. The van der Waals surface area contributed by atoms with Gasteiger partial charge in [-0.05, 0) is 67.0 Å². The van der Waals surface area contributed by atoms with E-state index in [2.05, 4.69) is 55.2 Å². The molecule has 0 radical (unpaired) electrons. The summed E-state index contributed by atoms with van der Waals surface area (Å²) in [5.41, 5.74) is 5.05. The van der Waals surface area contributed by atoms with E-state index in [1.54, 1.807) is 6.07 Å². The predicted molar refractivity (Wildman–Crippen MR) is 141 cm³/mol. The van der Waals surface area contributed by atoms with Gasteiger partial charge in [0.25, 0.3) is 5.91 Å². The molecule has 0 bridgehead atoms. The molecule has 1 aromatic heterocycles. The number of hydrogen-bond donors (Lipinski definition) is 3. The topological polar surface area (TPSA) is 98.8 Å². The zero-order chi connectivity index (χ0) is 26.3. The second-order valence-electron chi connectivity index (χ2n) is 10.5. The molecule has 2 atom stereocenters. The van der Waals surface area contributed by atoms with Gasteiger partial charge in [0.1, 0.15) is 11.5 Å². The van der Waals surface area contributed by atoms with Gasteiger partial charge in [0.15, 0.2) is 11.5 Å². The van der Waals surface area contributed by atoms with E-state index in [-0.39, 0.29) is 35.1 Å². The number of aromatic hydroxyl groups is 2. The Morgan fingerprint density at radius 2 is 1.75 bits per heavy atom. The standard InChI is InChI=1S/C29H37N3O4/c1-8-30-29(35)27-26(28(36-31-27)23-12-21(16(4)5)24(33)13-25(23)34)19-9-10-20-17(6)32(14-15(2)3)18(7)22(20)11-19/h9-13,15-18,33-34H,8,14H2,1-7H3,(H,30,35). The van der Waals surface area contributed by atoms with Crippen molar-refractivity contribution in [2.75, 3.05) is 13.1 Å². The van der Waals surface area contributed by atoms with Crippen molar-refractivity contribution in [3.63, 3.8) is 0 Å². The maximum absolute atomic E-state index is 13.0. The molecular formula is C29H37N3O4. The highest BCUT2D eigenvalue weighted by atomic mass is 16.5. The van der Waals surface area contributed by atoms with Crippen molar-refractivity contribution >= 4 is 5.91 Å². The first kappa shape index (κ1) is 25.8. The van der Waals surface area contributed by atoms with Crippen LogP contribution in [0.2, 0.25) is 0 Å². The molecule has 1 aliphatic heterocycles. The Morgan fingerprint density at radius 3 is 2.39 bits per heavy atom. The van der Waals surface area contributed by atoms with Crippen LogP contribution in [0.15, 0.2) is 34.9 Å². The average Bonchev–Trinajstić information content (AvgIpc) is 3.34. The van der Waals surface area contributed by atoms with E-state index in [0.29, 0.717) is 41.0 Å². The molecule has 36 heavy (non-hydrogen) atoms. The highest BCUT2D eigenvalue weighted by Crippen LogP contribution is 2.47. The molecule has 0 aliphatic carbocycles. The maximum Gasteiger partial charge on any atom is 0.274 e. The number of carbonyl (C=O) groups excluding carboxylic acids is 1. The predicted octanol–water partition coefficient (Wildman–Crippen LogP) is 6.39. The molecule has 192 valence electrons. The fraction of sp³-hybridized carbons (Fsp3) is 0.448. The van der Waals surface area contributed by atoms with Crippen LogP contribution in [0.1, 0.15) is 93.6 Å². The Morgan fingerprint density at radius 1 is 1.06 bits per heavy atom. The van der Waals surface area contributed by atoms with E-state index in [9.17, 15) is 15.0 Å². The van der Waals surface area contributed by atoms with E-state index in [0.717, 1.165) is 12.1 Å². The Hall–Kier alpha value is -3.32. The molecule has 7 heteroatoms. The lowest BCUT2D eigenvalue weighted by Gasteiger charge is -2.28. The first-order chi connectivity index (χ1) is 17.0. The van der Waals surface area contributed by atoms with Gasteiger partial charge >= 0.3 is 0 Å². The van der Waals surface area contributed by atoms with Crippen LogP contribution in [-0.2, 0) is 0 Å². The second-order valence-corrected chi connectivity index (χ2v) is 10.5. The van der Waals surface area contributed by atoms with Crippen LogP contribution in [0, 0.1) is 5.92 Å². The quantitative estimate of drug-likeness (QED) is 0.354. The van der Waals surface area contributed by atoms with Crippen molar-refractivity contribution in [2.45, 2.75) is 66.5 Å². The van der Waals surface area contributed by atoms with Crippen molar-refractivity contribution in [1.82, 2.24) is 15.4 Å². The fourth-order valence-corrected chi connectivity index (χ4v) is 5.28. The van der Waals surface area contributed by atoms with Gasteiger partial charge in [-0.25, -0.2) is 0 Å². The minimum atomic E-state index is -0.340. The molecule has 0 saturated heterocycles. The van der Waals surface area contributed by atoms with Crippen molar-refractivity contribution in [2.24, 2.45) is 5.92 Å².